The summed E-state index contributed by atoms with van der Waals surface area (Å²) in [4.78, 5) is 34.8. The Balaban J connectivity index is 2.44. The number of methoxy groups -OCH3 is 1. The maximum Gasteiger partial charge on any atom is 0.360 e. The van der Waals surface area contributed by atoms with Crippen molar-refractivity contribution in [3.05, 3.63) is 34.7 Å². The highest BCUT2D eigenvalue weighted by Gasteiger charge is 2.27. The molecule has 152 valence electrons. The topological polar surface area (TPSA) is 132 Å². The molecule has 0 unspecified atom stereocenters. The number of carbonyl (C=O) groups is 2. The van der Waals surface area contributed by atoms with E-state index in [4.69, 9.17) is 4.42 Å². The van der Waals surface area contributed by atoms with Gasteiger partial charge in [0.1, 0.15) is 17.3 Å². The molecule has 2 N–H and O–H groups in total. The number of fused-ring (bicyclic) bond motifs is 1. The van der Waals surface area contributed by atoms with Crippen LogP contribution in [-0.4, -0.2) is 33.4 Å². The zero-order valence-corrected chi connectivity index (χ0v) is 16.8. The van der Waals surface area contributed by atoms with Gasteiger partial charge in [0, 0.05) is 12.3 Å². The maximum atomic E-state index is 12.7. The summed E-state index contributed by atoms with van der Waals surface area (Å²) < 4.78 is 37.6. The summed E-state index contributed by atoms with van der Waals surface area (Å²) in [6.07, 6.45) is 0.265. The standard InChI is InChI=1S/C18H22N2O7S/c1-10(2)7-15(17(22)26-4)20-28(24,25)13-5-6-16-12(8-13)9-14(18(23)27-16)19-11(3)21/h5-6,8-10,15,20H,7H2,1-4H3,(H,19,21)/t15-/m0/s1. The summed E-state index contributed by atoms with van der Waals surface area (Å²) in [5.41, 5.74) is -0.696. The Morgan fingerprint density at radius 3 is 2.46 bits per heavy atom. The first-order valence-corrected chi connectivity index (χ1v) is 9.97. The van der Waals surface area contributed by atoms with E-state index in [0.29, 0.717) is 5.39 Å². The van der Waals surface area contributed by atoms with Gasteiger partial charge in [-0.05, 0) is 36.6 Å². The van der Waals surface area contributed by atoms with Crippen molar-refractivity contribution in [2.75, 3.05) is 12.4 Å². The zero-order valence-electron chi connectivity index (χ0n) is 15.9. The number of sulfonamides is 1. The van der Waals surface area contributed by atoms with E-state index in [9.17, 15) is 22.8 Å². The minimum atomic E-state index is -4.06. The van der Waals surface area contributed by atoms with Crippen molar-refractivity contribution in [2.45, 2.75) is 38.1 Å². The molecule has 2 aromatic rings. The van der Waals surface area contributed by atoms with Crippen molar-refractivity contribution in [2.24, 2.45) is 5.92 Å². The first-order valence-electron chi connectivity index (χ1n) is 8.49. The number of nitrogens with one attached hydrogen (secondary N) is 2. The molecule has 0 saturated carbocycles. The van der Waals surface area contributed by atoms with E-state index in [0.717, 1.165) is 0 Å². The molecule has 1 atom stereocenters. The Bertz CT molecular complexity index is 1060. The lowest BCUT2D eigenvalue weighted by Gasteiger charge is -2.18. The maximum absolute atomic E-state index is 12.7. The molecule has 9 nitrogen and oxygen atoms in total. The molecule has 0 aliphatic carbocycles. The predicted molar refractivity (Wildman–Crippen MR) is 102 cm³/mol. The molecule has 1 heterocycles. The average Bonchev–Trinajstić information content (AvgIpc) is 2.59. The van der Waals surface area contributed by atoms with Crippen LogP contribution in [0.25, 0.3) is 11.0 Å². The van der Waals surface area contributed by atoms with Gasteiger partial charge in [-0.15, -0.1) is 0 Å². The first-order chi connectivity index (χ1) is 13.0. The number of amides is 1. The number of hydrogen-bond acceptors (Lipinski definition) is 7. The van der Waals surface area contributed by atoms with Crippen molar-refractivity contribution >= 4 is 38.6 Å². The van der Waals surface area contributed by atoms with Crippen molar-refractivity contribution in [1.29, 1.82) is 0 Å². The second-order valence-corrected chi connectivity index (χ2v) is 8.37. The van der Waals surface area contributed by atoms with Gasteiger partial charge in [0.2, 0.25) is 15.9 Å². The Kier molecular flexibility index (Phi) is 6.57. The molecule has 2 rings (SSSR count). The third-order valence-corrected chi connectivity index (χ3v) is 5.28. The number of benzene rings is 1. The summed E-state index contributed by atoms with van der Waals surface area (Å²) in [5, 5.41) is 2.62. The van der Waals surface area contributed by atoms with Crippen LogP contribution in [0.5, 0.6) is 0 Å². The number of hydrogen-bond donors (Lipinski definition) is 2. The summed E-state index contributed by atoms with van der Waals surface area (Å²) in [7, 11) is -2.87. The third-order valence-electron chi connectivity index (χ3n) is 3.81. The Hall–Kier alpha value is -2.72. The van der Waals surface area contributed by atoms with E-state index in [1.54, 1.807) is 0 Å². The first kappa shape index (κ1) is 21.6. The molecule has 1 aromatic heterocycles. The van der Waals surface area contributed by atoms with Gasteiger partial charge in [-0.25, -0.2) is 13.2 Å². The molecule has 0 saturated heterocycles. The molecule has 0 radical (unpaired) electrons. The summed E-state index contributed by atoms with van der Waals surface area (Å²) in [6, 6.07) is 4.17. The molecule has 0 spiro atoms. The molecule has 0 bridgehead atoms. The second-order valence-electron chi connectivity index (χ2n) is 6.65. The van der Waals surface area contributed by atoms with E-state index < -0.39 is 33.6 Å². The van der Waals surface area contributed by atoms with E-state index in [1.165, 1.54) is 38.3 Å². The fourth-order valence-electron chi connectivity index (χ4n) is 2.61. The van der Waals surface area contributed by atoms with Gasteiger partial charge >= 0.3 is 11.6 Å². The van der Waals surface area contributed by atoms with Gasteiger partial charge < -0.3 is 14.5 Å². The van der Waals surface area contributed by atoms with Crippen molar-refractivity contribution in [3.8, 4) is 0 Å². The van der Waals surface area contributed by atoms with E-state index in [-0.39, 0.29) is 28.5 Å². The molecule has 1 amide bonds. The minimum absolute atomic E-state index is 0.0536. The van der Waals surface area contributed by atoms with Gasteiger partial charge in [-0.1, -0.05) is 13.8 Å². The number of anilines is 1. The molecule has 0 aliphatic heterocycles. The quantitative estimate of drug-likeness (QED) is 0.523. The van der Waals surface area contributed by atoms with Crippen LogP contribution in [0.1, 0.15) is 27.2 Å². The highest BCUT2D eigenvalue weighted by Crippen LogP contribution is 2.21. The molecule has 0 fully saturated rings. The highest BCUT2D eigenvalue weighted by molar-refractivity contribution is 7.89. The smallest absolute Gasteiger partial charge is 0.360 e. The van der Waals surface area contributed by atoms with Crippen LogP contribution in [-0.2, 0) is 24.3 Å². The zero-order chi connectivity index (χ0) is 21.1. The van der Waals surface area contributed by atoms with Crippen LogP contribution < -0.4 is 15.7 Å². The van der Waals surface area contributed by atoms with Gasteiger partial charge in [-0.3, -0.25) is 9.59 Å². The molecular weight excluding hydrogens is 388 g/mol. The average molecular weight is 410 g/mol. The second kappa shape index (κ2) is 8.53. The Morgan fingerprint density at radius 2 is 1.89 bits per heavy atom. The molecule has 28 heavy (non-hydrogen) atoms. The third kappa shape index (κ3) is 5.17. The van der Waals surface area contributed by atoms with E-state index in [2.05, 4.69) is 14.8 Å². The fourth-order valence-corrected chi connectivity index (χ4v) is 3.84. The molecule has 0 aliphatic rings. The van der Waals surface area contributed by atoms with Crippen molar-refractivity contribution in [1.82, 2.24) is 4.72 Å². The minimum Gasteiger partial charge on any atom is -0.468 e. The normalized spacial score (nSPS) is 12.8. The highest BCUT2D eigenvalue weighted by atomic mass is 32.2. The lowest BCUT2D eigenvalue weighted by Crippen LogP contribution is -2.42. The lowest BCUT2D eigenvalue weighted by molar-refractivity contribution is -0.143. The number of rotatable bonds is 7. The van der Waals surface area contributed by atoms with Crippen LogP contribution >= 0.6 is 0 Å². The number of ether oxygens (including phenoxy) is 1. The summed E-state index contributed by atoms with van der Waals surface area (Å²) >= 11 is 0. The van der Waals surface area contributed by atoms with Crippen LogP contribution in [0.2, 0.25) is 0 Å². The van der Waals surface area contributed by atoms with Crippen LogP contribution in [0.4, 0.5) is 5.69 Å². The summed E-state index contributed by atoms with van der Waals surface area (Å²) in [6.45, 7) is 4.94. The largest absolute Gasteiger partial charge is 0.468 e. The van der Waals surface area contributed by atoms with Gasteiger partial charge in [0.25, 0.3) is 0 Å². The predicted octanol–water partition coefficient (Wildman–Crippen LogP) is 1.62. The Morgan fingerprint density at radius 1 is 1.21 bits per heavy atom. The summed E-state index contributed by atoms with van der Waals surface area (Å²) in [5.74, 6) is -1.10. The number of carbonyl (C=O) groups excluding carboxylic acids is 2. The monoisotopic (exact) mass is 410 g/mol. The number of esters is 1. The van der Waals surface area contributed by atoms with Crippen molar-refractivity contribution in [3.63, 3.8) is 0 Å². The SMILES string of the molecule is COC(=O)[C@H](CC(C)C)NS(=O)(=O)c1ccc2oc(=O)c(NC(C)=O)cc2c1. The molecule has 1 aromatic carbocycles. The van der Waals surface area contributed by atoms with E-state index >= 15 is 0 Å². The van der Waals surface area contributed by atoms with Gasteiger partial charge in [0.05, 0.1) is 12.0 Å². The van der Waals surface area contributed by atoms with Crippen LogP contribution in [0, 0.1) is 5.92 Å². The van der Waals surface area contributed by atoms with Crippen molar-refractivity contribution < 1.29 is 27.2 Å². The van der Waals surface area contributed by atoms with Gasteiger partial charge in [0.15, 0.2) is 0 Å². The van der Waals surface area contributed by atoms with Crippen LogP contribution in [0.15, 0.2) is 38.4 Å². The Labute approximate surface area is 162 Å². The van der Waals surface area contributed by atoms with Gasteiger partial charge in [-0.2, -0.15) is 4.72 Å². The molecular formula is C18H22N2O7S. The van der Waals surface area contributed by atoms with E-state index in [1.807, 2.05) is 13.8 Å². The molecule has 10 heteroatoms. The fraction of sp³-hybridized carbons (Fsp3) is 0.389. The van der Waals surface area contributed by atoms with Crippen LogP contribution in [0.3, 0.4) is 0 Å². The lowest BCUT2D eigenvalue weighted by atomic mass is 10.1.